The summed E-state index contributed by atoms with van der Waals surface area (Å²) in [6.07, 6.45) is 4.46. The summed E-state index contributed by atoms with van der Waals surface area (Å²) < 4.78 is 0. The number of hydrogen-bond donors (Lipinski definition) is 2. The Kier molecular flexibility index (Phi) is 3.49. The van der Waals surface area contributed by atoms with Gasteiger partial charge in [0.25, 0.3) is 0 Å². The fourth-order valence-corrected chi connectivity index (χ4v) is 2.42. The van der Waals surface area contributed by atoms with Gasteiger partial charge in [-0.25, -0.2) is 0 Å². The molecular formula is C15H16ClN3O. The molecule has 1 aromatic heterocycles. The number of benzene rings is 1. The largest absolute Gasteiger partial charge is 0.311 e. The first kappa shape index (κ1) is 13.2. The van der Waals surface area contributed by atoms with Crippen molar-refractivity contribution in [2.75, 3.05) is 5.32 Å². The molecule has 2 N–H and O–H groups in total. The Balaban J connectivity index is 1.67. The summed E-state index contributed by atoms with van der Waals surface area (Å²) in [6, 6.07) is 5.69. The predicted octanol–water partition coefficient (Wildman–Crippen LogP) is 3.43. The summed E-state index contributed by atoms with van der Waals surface area (Å²) in [5.74, 6) is 1.23. The van der Waals surface area contributed by atoms with Gasteiger partial charge < -0.3 is 5.32 Å². The number of nitrogens with zero attached hydrogens (tertiary/aromatic N) is 1. The fourth-order valence-electron chi connectivity index (χ4n) is 2.21. The van der Waals surface area contributed by atoms with E-state index in [-0.39, 0.29) is 5.91 Å². The Bertz CT molecular complexity index is 646. The molecule has 0 aliphatic heterocycles. The zero-order chi connectivity index (χ0) is 14.1. The maximum atomic E-state index is 12.1. The van der Waals surface area contributed by atoms with Crippen LogP contribution in [-0.2, 0) is 11.2 Å². The minimum atomic E-state index is -0.0592. The standard InChI is InChI=1S/C15H16ClN3O/c1-9-2-3-10(6-13(9)16)7-14(20)18-15-12(8-17-19-15)11-4-5-11/h2-3,6,8,11H,4-5,7H2,1H3,(H2,17,18,19,20). The van der Waals surface area contributed by atoms with Crippen LogP contribution in [0, 0.1) is 6.92 Å². The molecule has 0 atom stereocenters. The van der Waals surface area contributed by atoms with Crippen LogP contribution < -0.4 is 5.32 Å². The molecule has 0 radical (unpaired) electrons. The molecule has 0 saturated heterocycles. The van der Waals surface area contributed by atoms with E-state index < -0.39 is 0 Å². The smallest absolute Gasteiger partial charge is 0.229 e. The topological polar surface area (TPSA) is 57.8 Å². The minimum absolute atomic E-state index is 0.0592. The first-order valence-electron chi connectivity index (χ1n) is 6.71. The molecule has 3 rings (SSSR count). The molecule has 1 amide bonds. The number of halogens is 1. The first-order chi connectivity index (χ1) is 9.63. The van der Waals surface area contributed by atoms with Crippen LogP contribution in [0.2, 0.25) is 5.02 Å². The van der Waals surface area contributed by atoms with Gasteiger partial charge in [0.15, 0.2) is 0 Å². The van der Waals surface area contributed by atoms with Crippen molar-refractivity contribution >= 4 is 23.3 Å². The zero-order valence-electron chi connectivity index (χ0n) is 11.2. The van der Waals surface area contributed by atoms with Crippen molar-refractivity contribution in [2.45, 2.75) is 32.1 Å². The highest BCUT2D eigenvalue weighted by atomic mass is 35.5. The van der Waals surface area contributed by atoms with Gasteiger partial charge in [0.1, 0.15) is 5.82 Å². The molecule has 1 fully saturated rings. The summed E-state index contributed by atoms with van der Waals surface area (Å²) in [4.78, 5) is 12.1. The van der Waals surface area contributed by atoms with Crippen LogP contribution in [0.5, 0.6) is 0 Å². The summed E-state index contributed by atoms with van der Waals surface area (Å²) in [6.45, 7) is 1.94. The second-order valence-corrected chi connectivity index (χ2v) is 5.69. The van der Waals surface area contributed by atoms with Gasteiger partial charge in [-0.1, -0.05) is 23.7 Å². The van der Waals surface area contributed by atoms with Gasteiger partial charge in [-0.05, 0) is 42.9 Å². The van der Waals surface area contributed by atoms with Crippen LogP contribution in [0.15, 0.2) is 24.4 Å². The lowest BCUT2D eigenvalue weighted by molar-refractivity contribution is -0.115. The normalized spacial score (nSPS) is 14.3. The zero-order valence-corrected chi connectivity index (χ0v) is 12.0. The van der Waals surface area contributed by atoms with Crippen molar-refractivity contribution < 1.29 is 4.79 Å². The number of aromatic amines is 1. The van der Waals surface area contributed by atoms with E-state index >= 15 is 0 Å². The van der Waals surface area contributed by atoms with Gasteiger partial charge in [0.2, 0.25) is 5.91 Å². The predicted molar refractivity (Wildman–Crippen MR) is 79.1 cm³/mol. The highest BCUT2D eigenvalue weighted by Gasteiger charge is 2.27. The molecule has 4 nitrogen and oxygen atoms in total. The van der Waals surface area contributed by atoms with Crippen molar-refractivity contribution in [2.24, 2.45) is 0 Å². The molecule has 1 saturated carbocycles. The van der Waals surface area contributed by atoms with Gasteiger partial charge in [-0.2, -0.15) is 5.10 Å². The summed E-state index contributed by atoms with van der Waals surface area (Å²) in [7, 11) is 0. The molecule has 0 unspecified atom stereocenters. The van der Waals surface area contributed by atoms with E-state index in [0.29, 0.717) is 17.4 Å². The van der Waals surface area contributed by atoms with E-state index in [9.17, 15) is 4.79 Å². The molecule has 2 aromatic rings. The van der Waals surface area contributed by atoms with E-state index in [1.165, 1.54) is 12.8 Å². The molecule has 20 heavy (non-hydrogen) atoms. The van der Waals surface area contributed by atoms with Crippen LogP contribution in [0.1, 0.15) is 35.4 Å². The van der Waals surface area contributed by atoms with Crippen LogP contribution >= 0.6 is 11.6 Å². The molecule has 1 aliphatic rings. The Hall–Kier alpha value is -1.81. The second-order valence-electron chi connectivity index (χ2n) is 5.28. The number of aromatic nitrogens is 2. The van der Waals surface area contributed by atoms with Gasteiger partial charge in [-0.3, -0.25) is 9.89 Å². The van der Waals surface area contributed by atoms with Crippen molar-refractivity contribution in [1.82, 2.24) is 10.2 Å². The molecule has 104 valence electrons. The van der Waals surface area contributed by atoms with Gasteiger partial charge in [-0.15, -0.1) is 0 Å². The van der Waals surface area contributed by atoms with E-state index in [2.05, 4.69) is 15.5 Å². The molecule has 5 heteroatoms. The second kappa shape index (κ2) is 5.29. The fraction of sp³-hybridized carbons (Fsp3) is 0.333. The molecular weight excluding hydrogens is 274 g/mol. The molecule has 0 bridgehead atoms. The van der Waals surface area contributed by atoms with Crippen molar-refractivity contribution in [3.8, 4) is 0 Å². The Morgan fingerprint density at radius 1 is 1.50 bits per heavy atom. The lowest BCUT2D eigenvalue weighted by Gasteiger charge is -2.06. The molecule has 1 heterocycles. The number of nitrogens with one attached hydrogen (secondary N) is 2. The molecule has 0 spiro atoms. The lowest BCUT2D eigenvalue weighted by atomic mass is 10.1. The van der Waals surface area contributed by atoms with Crippen LogP contribution in [0.25, 0.3) is 0 Å². The molecule has 1 aliphatic carbocycles. The minimum Gasteiger partial charge on any atom is -0.311 e. The van der Waals surface area contributed by atoms with E-state index in [1.807, 2.05) is 25.1 Å². The molecule has 1 aromatic carbocycles. The maximum Gasteiger partial charge on any atom is 0.229 e. The summed E-state index contributed by atoms with van der Waals surface area (Å²) >= 11 is 6.07. The van der Waals surface area contributed by atoms with Gasteiger partial charge in [0.05, 0.1) is 12.6 Å². The lowest BCUT2D eigenvalue weighted by Crippen LogP contribution is -2.15. The van der Waals surface area contributed by atoms with Gasteiger partial charge >= 0.3 is 0 Å². The van der Waals surface area contributed by atoms with Gasteiger partial charge in [0, 0.05) is 10.6 Å². The van der Waals surface area contributed by atoms with Crippen molar-refractivity contribution in [3.05, 3.63) is 46.1 Å². The van der Waals surface area contributed by atoms with Crippen LogP contribution in [-0.4, -0.2) is 16.1 Å². The SMILES string of the molecule is Cc1ccc(CC(=O)Nc2[nH]ncc2C2CC2)cc1Cl. The quantitative estimate of drug-likeness (QED) is 0.906. The van der Waals surface area contributed by atoms with Crippen LogP contribution in [0.4, 0.5) is 5.82 Å². The number of carbonyl (C=O) groups excluding carboxylic acids is 1. The highest BCUT2D eigenvalue weighted by Crippen LogP contribution is 2.42. The number of hydrogen-bond acceptors (Lipinski definition) is 2. The first-order valence-corrected chi connectivity index (χ1v) is 7.09. The van der Waals surface area contributed by atoms with Crippen LogP contribution in [0.3, 0.4) is 0 Å². The number of anilines is 1. The van der Waals surface area contributed by atoms with E-state index in [1.54, 1.807) is 6.20 Å². The number of rotatable bonds is 4. The Morgan fingerprint density at radius 2 is 2.30 bits per heavy atom. The third-order valence-electron chi connectivity index (χ3n) is 3.55. The van der Waals surface area contributed by atoms with Crippen molar-refractivity contribution in [1.29, 1.82) is 0 Å². The number of carbonyl (C=O) groups is 1. The Labute approximate surface area is 122 Å². The maximum absolute atomic E-state index is 12.1. The van der Waals surface area contributed by atoms with E-state index in [0.717, 1.165) is 22.5 Å². The average Bonchev–Trinajstić information content (AvgIpc) is 3.15. The third kappa shape index (κ3) is 2.85. The highest BCUT2D eigenvalue weighted by molar-refractivity contribution is 6.31. The number of amides is 1. The summed E-state index contributed by atoms with van der Waals surface area (Å²) in [5.41, 5.74) is 3.03. The Morgan fingerprint density at radius 3 is 3.00 bits per heavy atom. The average molecular weight is 290 g/mol. The summed E-state index contributed by atoms with van der Waals surface area (Å²) in [5, 5.41) is 10.4. The number of aryl methyl sites for hydroxylation is 1. The third-order valence-corrected chi connectivity index (χ3v) is 3.96. The number of H-pyrrole nitrogens is 1. The monoisotopic (exact) mass is 289 g/mol. The van der Waals surface area contributed by atoms with Crippen molar-refractivity contribution in [3.63, 3.8) is 0 Å². The van der Waals surface area contributed by atoms with E-state index in [4.69, 9.17) is 11.6 Å².